The normalized spacial score (nSPS) is 22.8. The number of nitrogens with zero attached hydrogens (tertiary/aromatic N) is 3. The minimum atomic E-state index is -0.791. The molecule has 8 nitrogen and oxygen atoms in total. The number of nitrogens with one attached hydrogen (secondary N) is 1. The molecular formula is C27H31FN4O4. The van der Waals surface area contributed by atoms with Gasteiger partial charge < -0.3 is 15.0 Å². The van der Waals surface area contributed by atoms with Gasteiger partial charge in [0.25, 0.3) is 5.91 Å². The number of rotatable bonds is 7. The average molecular weight is 495 g/mol. The van der Waals surface area contributed by atoms with Gasteiger partial charge >= 0.3 is 0 Å². The number of amides is 3. The highest BCUT2D eigenvalue weighted by molar-refractivity contribution is 6.10. The molecule has 9 heteroatoms. The van der Waals surface area contributed by atoms with E-state index in [1.54, 1.807) is 34.1 Å². The molecule has 0 spiro atoms. The molecule has 2 aromatic rings. The van der Waals surface area contributed by atoms with E-state index in [0.717, 1.165) is 5.56 Å². The number of carbonyl (C=O) groups excluding carboxylic acids is 3. The summed E-state index contributed by atoms with van der Waals surface area (Å²) in [6.45, 7) is 4.98. The van der Waals surface area contributed by atoms with E-state index in [1.165, 1.54) is 12.1 Å². The van der Waals surface area contributed by atoms with E-state index in [2.05, 4.69) is 10.2 Å². The third-order valence-corrected chi connectivity index (χ3v) is 7.52. The summed E-state index contributed by atoms with van der Waals surface area (Å²) in [4.78, 5) is 44.6. The number of anilines is 1. The lowest BCUT2D eigenvalue weighted by atomic mass is 9.98. The van der Waals surface area contributed by atoms with Crippen molar-refractivity contribution in [1.82, 2.24) is 15.1 Å². The van der Waals surface area contributed by atoms with Gasteiger partial charge in [0, 0.05) is 39.0 Å². The number of carbonyl (C=O) groups is 3. The van der Waals surface area contributed by atoms with E-state index in [9.17, 15) is 18.8 Å². The summed E-state index contributed by atoms with van der Waals surface area (Å²) < 4.78 is 19.4. The van der Waals surface area contributed by atoms with Crippen LogP contribution in [0.2, 0.25) is 0 Å². The van der Waals surface area contributed by atoms with E-state index in [0.29, 0.717) is 56.9 Å². The summed E-state index contributed by atoms with van der Waals surface area (Å²) in [5.74, 6) is -0.700. The Morgan fingerprint density at radius 3 is 2.69 bits per heavy atom. The Morgan fingerprint density at radius 1 is 1.14 bits per heavy atom. The van der Waals surface area contributed by atoms with Crippen molar-refractivity contribution in [2.75, 3.05) is 44.3 Å². The molecular weight excluding hydrogens is 463 g/mol. The fraction of sp³-hybridized carbons (Fsp3) is 0.444. The predicted octanol–water partition coefficient (Wildman–Crippen LogP) is 2.70. The number of morpholine rings is 1. The molecule has 5 rings (SSSR count). The van der Waals surface area contributed by atoms with E-state index in [1.807, 2.05) is 19.1 Å². The molecule has 0 aromatic heterocycles. The topological polar surface area (TPSA) is 82.2 Å². The van der Waals surface area contributed by atoms with Gasteiger partial charge in [0.05, 0.1) is 30.5 Å². The van der Waals surface area contributed by atoms with Crippen LogP contribution in [0.5, 0.6) is 0 Å². The van der Waals surface area contributed by atoms with Crippen LogP contribution in [-0.2, 0) is 14.3 Å². The summed E-state index contributed by atoms with van der Waals surface area (Å²) >= 11 is 0. The smallest absolute Gasteiger partial charge is 0.257 e. The van der Waals surface area contributed by atoms with E-state index in [4.69, 9.17) is 4.74 Å². The fourth-order valence-corrected chi connectivity index (χ4v) is 5.61. The first-order valence-corrected chi connectivity index (χ1v) is 12.5. The lowest BCUT2D eigenvalue weighted by molar-refractivity contribution is -0.121. The third-order valence-electron chi connectivity index (χ3n) is 7.52. The monoisotopic (exact) mass is 494 g/mol. The molecule has 2 atom stereocenters. The zero-order chi connectivity index (χ0) is 25.3. The Morgan fingerprint density at radius 2 is 1.92 bits per heavy atom. The average Bonchev–Trinajstić information content (AvgIpc) is 3.19. The lowest BCUT2D eigenvalue weighted by Crippen LogP contribution is -2.62. The largest absolute Gasteiger partial charge is 0.379 e. The summed E-state index contributed by atoms with van der Waals surface area (Å²) in [5.41, 5.74) is 1.12. The van der Waals surface area contributed by atoms with Crippen LogP contribution in [0.15, 0.2) is 48.5 Å². The molecule has 3 heterocycles. The lowest BCUT2D eigenvalue weighted by Gasteiger charge is -2.48. The Kier molecular flexibility index (Phi) is 6.77. The first-order valence-electron chi connectivity index (χ1n) is 12.5. The maximum absolute atomic E-state index is 13.9. The minimum Gasteiger partial charge on any atom is -0.379 e. The summed E-state index contributed by atoms with van der Waals surface area (Å²) in [6.07, 6.45) is 0.979. The maximum atomic E-state index is 13.9. The molecule has 0 bridgehead atoms. The Hall–Kier alpha value is -3.30. The highest BCUT2D eigenvalue weighted by Gasteiger charge is 2.52. The van der Waals surface area contributed by atoms with Crippen LogP contribution in [0.3, 0.4) is 0 Å². The first-order chi connectivity index (χ1) is 17.4. The van der Waals surface area contributed by atoms with Crippen molar-refractivity contribution in [3.8, 4) is 0 Å². The number of hydrogen-bond donors (Lipinski definition) is 1. The van der Waals surface area contributed by atoms with Gasteiger partial charge in [0.2, 0.25) is 11.8 Å². The van der Waals surface area contributed by atoms with Crippen molar-refractivity contribution >= 4 is 23.4 Å². The van der Waals surface area contributed by atoms with Gasteiger partial charge in [-0.2, -0.15) is 0 Å². The summed E-state index contributed by atoms with van der Waals surface area (Å²) in [7, 11) is 0. The number of ether oxygens (including phenoxy) is 1. The van der Waals surface area contributed by atoms with Crippen LogP contribution in [0, 0.1) is 5.82 Å². The van der Waals surface area contributed by atoms with Crippen molar-refractivity contribution in [2.24, 2.45) is 0 Å². The molecule has 3 aliphatic heterocycles. The van der Waals surface area contributed by atoms with Gasteiger partial charge in [0.1, 0.15) is 11.5 Å². The fourth-order valence-electron chi connectivity index (χ4n) is 5.61. The SMILES string of the molecule is CC12CCC(=O)N1c1ccccc1C(=O)N2CCC(=O)NCC(c1cccc(F)c1)N1CCOCC1. The second-order valence-corrected chi connectivity index (χ2v) is 9.69. The van der Waals surface area contributed by atoms with Crippen LogP contribution in [0.25, 0.3) is 0 Å². The van der Waals surface area contributed by atoms with Gasteiger partial charge in [-0.15, -0.1) is 0 Å². The highest BCUT2D eigenvalue weighted by atomic mass is 19.1. The summed E-state index contributed by atoms with van der Waals surface area (Å²) in [5, 5.41) is 2.99. The second-order valence-electron chi connectivity index (χ2n) is 9.69. The molecule has 2 saturated heterocycles. The second kappa shape index (κ2) is 9.99. The number of hydrogen-bond acceptors (Lipinski definition) is 5. The predicted molar refractivity (Wildman–Crippen MR) is 132 cm³/mol. The molecule has 3 amide bonds. The molecule has 190 valence electrons. The molecule has 0 radical (unpaired) electrons. The Balaban J connectivity index is 1.27. The van der Waals surface area contributed by atoms with Gasteiger partial charge in [-0.1, -0.05) is 24.3 Å². The van der Waals surface area contributed by atoms with Crippen molar-refractivity contribution in [2.45, 2.75) is 37.9 Å². The van der Waals surface area contributed by atoms with E-state index >= 15 is 0 Å². The number of benzene rings is 2. The Bertz CT molecular complexity index is 1170. The van der Waals surface area contributed by atoms with E-state index < -0.39 is 5.66 Å². The molecule has 2 unspecified atom stereocenters. The van der Waals surface area contributed by atoms with Gasteiger partial charge in [-0.3, -0.25) is 24.2 Å². The molecule has 3 aliphatic rings. The number of halogens is 1. The molecule has 1 N–H and O–H groups in total. The Labute approximate surface area is 210 Å². The highest BCUT2D eigenvalue weighted by Crippen LogP contribution is 2.43. The maximum Gasteiger partial charge on any atom is 0.257 e. The van der Waals surface area contributed by atoms with Crippen molar-refractivity contribution < 1.29 is 23.5 Å². The number of para-hydroxylation sites is 1. The molecule has 2 aromatic carbocycles. The van der Waals surface area contributed by atoms with E-state index in [-0.39, 0.29) is 42.5 Å². The molecule has 0 saturated carbocycles. The molecule has 0 aliphatic carbocycles. The quantitative estimate of drug-likeness (QED) is 0.640. The first kappa shape index (κ1) is 24.4. The molecule has 36 heavy (non-hydrogen) atoms. The zero-order valence-corrected chi connectivity index (χ0v) is 20.4. The van der Waals surface area contributed by atoms with Crippen molar-refractivity contribution in [1.29, 1.82) is 0 Å². The van der Waals surface area contributed by atoms with Crippen LogP contribution >= 0.6 is 0 Å². The van der Waals surface area contributed by atoms with Crippen LogP contribution in [-0.4, -0.2) is 72.6 Å². The van der Waals surface area contributed by atoms with Crippen LogP contribution < -0.4 is 10.2 Å². The number of fused-ring (bicyclic) bond motifs is 3. The van der Waals surface area contributed by atoms with Crippen LogP contribution in [0.1, 0.15) is 48.1 Å². The summed E-state index contributed by atoms with van der Waals surface area (Å²) in [6, 6.07) is 13.4. The van der Waals surface area contributed by atoms with Crippen molar-refractivity contribution in [3.05, 3.63) is 65.5 Å². The standard InChI is InChI=1S/C27H31FN4O4/c1-27-11-9-25(34)32(27)22-8-3-2-7-21(22)26(35)31(27)12-10-24(33)29-18-23(30-13-15-36-16-14-30)19-5-4-6-20(28)17-19/h2-8,17,23H,9-16,18H2,1H3,(H,29,33). The van der Waals surface area contributed by atoms with Crippen LogP contribution in [0.4, 0.5) is 10.1 Å². The third kappa shape index (κ3) is 4.49. The van der Waals surface area contributed by atoms with Crippen molar-refractivity contribution in [3.63, 3.8) is 0 Å². The zero-order valence-electron chi connectivity index (χ0n) is 20.4. The van der Waals surface area contributed by atoms with Gasteiger partial charge in [-0.05, 0) is 43.2 Å². The van der Waals surface area contributed by atoms with Gasteiger partial charge in [0.15, 0.2) is 0 Å². The van der Waals surface area contributed by atoms with Gasteiger partial charge in [-0.25, -0.2) is 4.39 Å². The molecule has 2 fully saturated rings. The minimum absolute atomic E-state index is 0.0182.